The second-order valence-corrected chi connectivity index (χ2v) is 6.57. The third-order valence-corrected chi connectivity index (χ3v) is 3.32. The summed E-state index contributed by atoms with van der Waals surface area (Å²) in [5.41, 5.74) is 2.42. The van der Waals surface area contributed by atoms with Crippen molar-refractivity contribution in [2.75, 3.05) is 0 Å². The molecule has 0 amide bonds. The molecule has 4 nitrogen and oxygen atoms in total. The highest BCUT2D eigenvalue weighted by Gasteiger charge is 2.09. The summed E-state index contributed by atoms with van der Waals surface area (Å²) in [6, 6.07) is 0. The molecule has 0 atom stereocenters. The standard InChI is InChI=1S/C13H20N4S/c1-10-16-12(9-18-10)8-17-7-11(6-15-17)5-14-13(2,3)4/h6-7,9,14H,5,8H2,1-4H3. The lowest BCUT2D eigenvalue weighted by Gasteiger charge is -2.19. The van der Waals surface area contributed by atoms with Crippen molar-refractivity contribution in [1.29, 1.82) is 0 Å². The van der Waals surface area contributed by atoms with Crippen LogP contribution in [0, 0.1) is 6.92 Å². The quantitative estimate of drug-likeness (QED) is 0.923. The molecule has 5 heteroatoms. The maximum atomic E-state index is 4.44. The normalized spacial score (nSPS) is 12.0. The van der Waals surface area contributed by atoms with E-state index in [2.05, 4.69) is 47.7 Å². The molecule has 2 aromatic heterocycles. The molecule has 0 saturated heterocycles. The SMILES string of the molecule is Cc1nc(Cn2cc(CNC(C)(C)C)cn2)cs1. The molecule has 98 valence electrons. The third kappa shape index (κ3) is 3.92. The zero-order valence-corrected chi connectivity index (χ0v) is 12.2. The average Bonchev–Trinajstić information content (AvgIpc) is 2.85. The number of nitrogens with one attached hydrogen (secondary N) is 1. The van der Waals surface area contributed by atoms with E-state index in [0.29, 0.717) is 0 Å². The van der Waals surface area contributed by atoms with Crippen LogP contribution in [0.3, 0.4) is 0 Å². The van der Waals surface area contributed by atoms with E-state index in [9.17, 15) is 0 Å². The first-order chi connectivity index (χ1) is 8.42. The second kappa shape index (κ2) is 5.20. The Morgan fingerprint density at radius 1 is 1.39 bits per heavy atom. The maximum Gasteiger partial charge on any atom is 0.0898 e. The Morgan fingerprint density at radius 3 is 2.78 bits per heavy atom. The fraction of sp³-hybridized carbons (Fsp3) is 0.538. The first-order valence-electron chi connectivity index (χ1n) is 6.10. The molecule has 0 bridgehead atoms. The minimum Gasteiger partial charge on any atom is -0.308 e. The predicted molar refractivity (Wildman–Crippen MR) is 74.8 cm³/mol. The van der Waals surface area contributed by atoms with Crippen LogP contribution in [0.4, 0.5) is 0 Å². The van der Waals surface area contributed by atoms with Gasteiger partial charge in [-0.05, 0) is 27.7 Å². The van der Waals surface area contributed by atoms with Crippen molar-refractivity contribution < 1.29 is 0 Å². The highest BCUT2D eigenvalue weighted by Crippen LogP contribution is 2.10. The minimum absolute atomic E-state index is 0.133. The third-order valence-electron chi connectivity index (χ3n) is 2.50. The topological polar surface area (TPSA) is 42.7 Å². The summed E-state index contributed by atoms with van der Waals surface area (Å²) < 4.78 is 1.94. The lowest BCUT2D eigenvalue weighted by molar-refractivity contribution is 0.424. The van der Waals surface area contributed by atoms with Crippen LogP contribution in [0.5, 0.6) is 0 Å². The summed E-state index contributed by atoms with van der Waals surface area (Å²) in [5.74, 6) is 0. The van der Waals surface area contributed by atoms with Crippen LogP contribution in [0.15, 0.2) is 17.8 Å². The molecular weight excluding hydrogens is 244 g/mol. The van der Waals surface area contributed by atoms with E-state index in [1.54, 1.807) is 11.3 Å². The summed E-state index contributed by atoms with van der Waals surface area (Å²) >= 11 is 1.68. The number of rotatable bonds is 4. The van der Waals surface area contributed by atoms with Gasteiger partial charge in [0.15, 0.2) is 0 Å². The summed E-state index contributed by atoms with van der Waals surface area (Å²) in [7, 11) is 0. The van der Waals surface area contributed by atoms with E-state index < -0.39 is 0 Å². The monoisotopic (exact) mass is 264 g/mol. The van der Waals surface area contributed by atoms with Crippen LogP contribution >= 0.6 is 11.3 Å². The van der Waals surface area contributed by atoms with Gasteiger partial charge in [0.1, 0.15) is 0 Å². The van der Waals surface area contributed by atoms with Gasteiger partial charge in [-0.2, -0.15) is 5.10 Å². The van der Waals surface area contributed by atoms with Crippen molar-refractivity contribution in [3.8, 4) is 0 Å². The van der Waals surface area contributed by atoms with Gasteiger partial charge in [0, 0.05) is 29.2 Å². The molecule has 1 N–H and O–H groups in total. The molecule has 0 aromatic carbocycles. The molecule has 0 fully saturated rings. The zero-order chi connectivity index (χ0) is 13.2. The van der Waals surface area contributed by atoms with Crippen LogP contribution in [0.1, 0.15) is 37.0 Å². The Bertz CT molecular complexity index is 507. The second-order valence-electron chi connectivity index (χ2n) is 5.51. The minimum atomic E-state index is 0.133. The fourth-order valence-corrected chi connectivity index (χ4v) is 2.20. The lowest BCUT2D eigenvalue weighted by Crippen LogP contribution is -2.34. The predicted octanol–water partition coefficient (Wildman–Crippen LogP) is 2.58. The smallest absolute Gasteiger partial charge is 0.0898 e. The molecule has 0 aliphatic carbocycles. The van der Waals surface area contributed by atoms with Gasteiger partial charge in [-0.25, -0.2) is 4.98 Å². The Morgan fingerprint density at radius 2 is 2.17 bits per heavy atom. The van der Waals surface area contributed by atoms with Crippen molar-refractivity contribution in [3.05, 3.63) is 34.0 Å². The molecule has 0 aliphatic heterocycles. The molecule has 2 aromatic rings. The molecule has 0 radical (unpaired) electrons. The lowest BCUT2D eigenvalue weighted by atomic mass is 10.1. The highest BCUT2D eigenvalue weighted by molar-refractivity contribution is 7.09. The van der Waals surface area contributed by atoms with Crippen LogP contribution in [0.25, 0.3) is 0 Å². The van der Waals surface area contributed by atoms with Crippen LogP contribution in [-0.4, -0.2) is 20.3 Å². The Kier molecular flexibility index (Phi) is 3.82. The van der Waals surface area contributed by atoms with Crippen LogP contribution in [-0.2, 0) is 13.1 Å². The van der Waals surface area contributed by atoms with Crippen molar-refractivity contribution >= 4 is 11.3 Å². The molecule has 0 spiro atoms. The largest absolute Gasteiger partial charge is 0.308 e. The van der Waals surface area contributed by atoms with Gasteiger partial charge >= 0.3 is 0 Å². The van der Waals surface area contributed by atoms with Gasteiger partial charge < -0.3 is 5.32 Å². The molecule has 0 aliphatic rings. The molecular formula is C13H20N4S. The molecule has 0 saturated carbocycles. The van der Waals surface area contributed by atoms with E-state index >= 15 is 0 Å². The Balaban J connectivity index is 1.94. The molecule has 18 heavy (non-hydrogen) atoms. The number of hydrogen-bond acceptors (Lipinski definition) is 4. The summed E-state index contributed by atoms with van der Waals surface area (Å²) in [6.45, 7) is 10.1. The first-order valence-corrected chi connectivity index (χ1v) is 6.98. The van der Waals surface area contributed by atoms with Crippen molar-refractivity contribution in [2.45, 2.75) is 46.3 Å². The van der Waals surface area contributed by atoms with Crippen LogP contribution < -0.4 is 5.32 Å². The fourth-order valence-electron chi connectivity index (χ4n) is 1.60. The maximum absolute atomic E-state index is 4.44. The highest BCUT2D eigenvalue weighted by atomic mass is 32.1. The Hall–Kier alpha value is -1.20. The Labute approximate surface area is 112 Å². The number of hydrogen-bond donors (Lipinski definition) is 1. The molecule has 2 rings (SSSR count). The number of nitrogens with zero attached hydrogens (tertiary/aromatic N) is 3. The van der Waals surface area contributed by atoms with Crippen molar-refractivity contribution in [1.82, 2.24) is 20.1 Å². The summed E-state index contributed by atoms with van der Waals surface area (Å²) in [6.07, 6.45) is 3.99. The van der Waals surface area contributed by atoms with Crippen LogP contribution in [0.2, 0.25) is 0 Å². The first kappa shape index (κ1) is 13.2. The van der Waals surface area contributed by atoms with E-state index in [1.165, 1.54) is 5.56 Å². The van der Waals surface area contributed by atoms with Gasteiger partial charge in [-0.3, -0.25) is 4.68 Å². The average molecular weight is 264 g/mol. The van der Waals surface area contributed by atoms with E-state index in [4.69, 9.17) is 0 Å². The summed E-state index contributed by atoms with van der Waals surface area (Å²) in [5, 5.41) is 11.0. The van der Waals surface area contributed by atoms with E-state index in [0.717, 1.165) is 23.8 Å². The number of aryl methyl sites for hydroxylation is 1. The van der Waals surface area contributed by atoms with Gasteiger partial charge in [-0.1, -0.05) is 0 Å². The number of aromatic nitrogens is 3. The van der Waals surface area contributed by atoms with E-state index in [-0.39, 0.29) is 5.54 Å². The van der Waals surface area contributed by atoms with E-state index in [1.807, 2.05) is 17.8 Å². The molecule has 0 unspecified atom stereocenters. The van der Waals surface area contributed by atoms with Crippen molar-refractivity contribution in [2.24, 2.45) is 0 Å². The summed E-state index contributed by atoms with van der Waals surface area (Å²) in [4.78, 5) is 4.44. The zero-order valence-electron chi connectivity index (χ0n) is 11.4. The van der Waals surface area contributed by atoms with Gasteiger partial charge in [0.25, 0.3) is 0 Å². The van der Waals surface area contributed by atoms with Gasteiger partial charge in [-0.15, -0.1) is 11.3 Å². The van der Waals surface area contributed by atoms with Gasteiger partial charge in [0.2, 0.25) is 0 Å². The van der Waals surface area contributed by atoms with Crippen molar-refractivity contribution in [3.63, 3.8) is 0 Å². The van der Waals surface area contributed by atoms with Gasteiger partial charge in [0.05, 0.1) is 23.4 Å². The number of thiazole rings is 1. The molecule has 2 heterocycles.